The van der Waals surface area contributed by atoms with Gasteiger partial charge in [-0.2, -0.15) is 0 Å². The van der Waals surface area contributed by atoms with Gasteiger partial charge < -0.3 is 85.6 Å². The lowest BCUT2D eigenvalue weighted by atomic mass is 9.89. The molecule has 0 spiro atoms. The molecule has 0 aromatic heterocycles. The summed E-state index contributed by atoms with van der Waals surface area (Å²) in [7, 11) is 6.04. The van der Waals surface area contributed by atoms with E-state index in [2.05, 4.69) is 49.1 Å². The Hall–Kier alpha value is -9.63. The molecule has 28 heteroatoms. The minimum Gasteiger partial charge on any atom is -0.386 e. The number of anilines is 1. The normalized spacial score (nSPS) is 15.8. The topological polar surface area (TPSA) is 351 Å². The summed E-state index contributed by atoms with van der Waals surface area (Å²) in [4.78, 5) is 156. The Morgan fingerprint density at radius 2 is 1.18 bits per heavy atom. The molecule has 4 aromatic rings. The molecule has 2 heterocycles. The minimum absolute atomic E-state index is 0.00242. The van der Waals surface area contributed by atoms with Crippen LogP contribution in [0, 0.1) is 35.5 Å². The molecule has 4 aromatic carbocycles. The molecule has 6 rings (SSSR count). The molecule has 0 bridgehead atoms. The molecular formula is C82H115N11O17. The van der Waals surface area contributed by atoms with E-state index in [1.165, 1.54) is 31.1 Å². The van der Waals surface area contributed by atoms with Gasteiger partial charge in [0.25, 0.3) is 0 Å². The van der Waals surface area contributed by atoms with Gasteiger partial charge in [-0.25, -0.2) is 0 Å². The van der Waals surface area contributed by atoms with Gasteiger partial charge in [-0.15, -0.1) is 0 Å². The number of carbonyl (C=O) groups is 11. The molecule has 0 aliphatic carbocycles. The Balaban J connectivity index is 0.890. The SMILES string of the molecule is CC[C@@H](C)[C@H]([C@H](CC(=O)N1CCC[C@H]1[C@H](OC)[C@@H](C)C(=O)N[C@H](C)[C@@H](O)c1ccccc1)OC)N(C)C(=O)[C@H](NC(=O)[C@@H](C(C)C)N(C)C(=O)CNC(=O)[C@H](Cc1ccccc1)NC(=O)CNC(=O)CNC(=O)CCOCCOCCOCCNC(=O)CCC(=O)N1Cc2ccccc2C#Cc2ccccc21)C(C)C. The van der Waals surface area contributed by atoms with Gasteiger partial charge >= 0.3 is 0 Å². The summed E-state index contributed by atoms with van der Waals surface area (Å²) in [6.07, 6.45) is -0.721. The molecule has 11 amide bonds. The highest BCUT2D eigenvalue weighted by Crippen LogP contribution is 2.31. The summed E-state index contributed by atoms with van der Waals surface area (Å²) in [5.74, 6) is -0.877. The van der Waals surface area contributed by atoms with Crippen LogP contribution >= 0.6 is 0 Å². The summed E-state index contributed by atoms with van der Waals surface area (Å²) in [5.41, 5.74) is 4.55. The predicted octanol–water partition coefficient (Wildman–Crippen LogP) is 4.13. The van der Waals surface area contributed by atoms with E-state index in [1.807, 2.05) is 80.6 Å². The van der Waals surface area contributed by atoms with E-state index < -0.39 is 133 Å². The van der Waals surface area contributed by atoms with Gasteiger partial charge in [-0.1, -0.05) is 158 Å². The van der Waals surface area contributed by atoms with Crippen molar-refractivity contribution in [3.8, 4) is 11.8 Å². The molecule has 0 radical (unpaired) electrons. The molecular weight excluding hydrogens is 1410 g/mol. The molecule has 8 N–H and O–H groups in total. The van der Waals surface area contributed by atoms with Crippen LogP contribution < -0.4 is 42.1 Å². The van der Waals surface area contributed by atoms with Crippen LogP contribution in [0.5, 0.6) is 0 Å². The van der Waals surface area contributed by atoms with Crippen LogP contribution in [-0.2, 0) is 89.4 Å². The lowest BCUT2D eigenvalue weighted by molar-refractivity contribution is -0.148. The number of methoxy groups -OCH3 is 2. The second kappa shape index (κ2) is 46.1. The Morgan fingerprint density at radius 3 is 1.84 bits per heavy atom. The Morgan fingerprint density at radius 1 is 0.582 bits per heavy atom. The third-order valence-electron chi connectivity index (χ3n) is 20.0. The van der Waals surface area contributed by atoms with Gasteiger partial charge in [0.2, 0.25) is 65.0 Å². The van der Waals surface area contributed by atoms with E-state index in [1.54, 1.807) is 101 Å². The predicted molar refractivity (Wildman–Crippen MR) is 414 cm³/mol. The molecule has 0 saturated carbocycles. The van der Waals surface area contributed by atoms with E-state index in [-0.39, 0.29) is 108 Å². The maximum atomic E-state index is 14.9. The number of aliphatic hydroxyl groups excluding tert-OH is 1. The molecule has 2 aliphatic heterocycles. The van der Waals surface area contributed by atoms with Crippen molar-refractivity contribution in [3.05, 3.63) is 137 Å². The highest BCUT2D eigenvalue weighted by molar-refractivity contribution is 5.98. The van der Waals surface area contributed by atoms with Crippen molar-refractivity contribution in [2.75, 3.05) is 106 Å². The van der Waals surface area contributed by atoms with Crippen molar-refractivity contribution in [2.24, 2.45) is 23.7 Å². The van der Waals surface area contributed by atoms with Gasteiger partial charge in [-0.3, -0.25) is 52.7 Å². The molecule has 1 fully saturated rings. The number of nitrogens with zero attached hydrogens (tertiary/aromatic N) is 4. The van der Waals surface area contributed by atoms with Gasteiger partial charge in [-0.05, 0) is 72.4 Å². The van der Waals surface area contributed by atoms with Crippen molar-refractivity contribution in [1.82, 2.24) is 51.9 Å². The number of likely N-dealkylation sites (tertiary alicyclic amines) is 1. The molecule has 28 nitrogen and oxygen atoms in total. The second-order valence-electron chi connectivity index (χ2n) is 28.6. The molecule has 0 unspecified atom stereocenters. The first-order valence-electron chi connectivity index (χ1n) is 38.0. The first kappa shape index (κ1) is 89.3. The average molecular weight is 1530 g/mol. The van der Waals surface area contributed by atoms with Crippen molar-refractivity contribution in [2.45, 2.75) is 168 Å². The van der Waals surface area contributed by atoms with Crippen LogP contribution in [0.25, 0.3) is 0 Å². The molecule has 1 saturated heterocycles. The number of aliphatic hydroxyl groups is 1. The summed E-state index contributed by atoms with van der Waals surface area (Å²) < 4.78 is 28.6. The third-order valence-corrected chi connectivity index (χ3v) is 20.0. The van der Waals surface area contributed by atoms with E-state index in [9.17, 15) is 57.8 Å². The Kier molecular flexibility index (Phi) is 37.4. The second-order valence-corrected chi connectivity index (χ2v) is 28.6. The smallest absolute Gasteiger partial charge is 0.245 e. The highest BCUT2D eigenvalue weighted by atomic mass is 16.5. The fourth-order valence-electron chi connectivity index (χ4n) is 13.6. The first-order chi connectivity index (χ1) is 52.7. The fourth-order valence-corrected chi connectivity index (χ4v) is 13.6. The third kappa shape index (κ3) is 27.4. The van der Waals surface area contributed by atoms with Crippen molar-refractivity contribution >= 4 is 70.7 Å². The van der Waals surface area contributed by atoms with Gasteiger partial charge in [0, 0.05) is 78.2 Å². The quantitative estimate of drug-likeness (QED) is 0.0228. The number of carbonyl (C=O) groups excluding carboxylic acids is 11. The van der Waals surface area contributed by atoms with Gasteiger partial charge in [0.15, 0.2) is 0 Å². The number of likely N-dealkylation sites (N-methyl/N-ethyl adjacent to an activating group) is 2. The number of hydrogen-bond acceptors (Lipinski definition) is 17. The first-order valence-corrected chi connectivity index (χ1v) is 38.0. The molecule has 2 aliphatic rings. The van der Waals surface area contributed by atoms with Gasteiger partial charge in [0.1, 0.15) is 18.1 Å². The van der Waals surface area contributed by atoms with E-state index >= 15 is 0 Å². The van der Waals surface area contributed by atoms with E-state index in [0.717, 1.165) is 16.7 Å². The monoisotopic (exact) mass is 1530 g/mol. The Bertz CT molecular complexity index is 3740. The number of para-hydroxylation sites is 1. The van der Waals surface area contributed by atoms with Crippen molar-refractivity contribution in [1.29, 1.82) is 0 Å². The zero-order valence-corrected chi connectivity index (χ0v) is 65.8. The van der Waals surface area contributed by atoms with E-state index in [4.69, 9.17) is 23.7 Å². The van der Waals surface area contributed by atoms with Crippen molar-refractivity contribution in [3.63, 3.8) is 0 Å². The zero-order chi connectivity index (χ0) is 80.4. The standard InChI is InChI=1S/C82H115N11O17/c1-13-55(6)76(66(106-11)48-72(99)92-40-24-33-65(92)78(107-12)56(7)79(102)87-57(8)77(101)61-29-18-15-19-30-61)91(10)82(105)74(53(2)3)89-81(104)75(54(4)5)90(9)73(100)51-86-80(103)63(47-58-25-16-14-17-26-58)88-70(97)50-85-69(96)49-84-68(95)38-41-108-43-45-110-46-44-109-42-39-83-67(94)36-37-71(98)93-52-62-31-21-20-27-59(62)34-35-60-28-22-23-32-64(60)93/h14-23,25-32,53-57,63,65-66,74-78,101H,13,24,33,36-52H2,1-12H3,(H,83,94)(H,84,95)(H,85,96)(H,86,103)(H,87,102)(H,88,97)(H,89,104)/t55-,56-,57-,63+,65+,66+,74-,75-,76-,77-,78-/m1/s1. The van der Waals surface area contributed by atoms with E-state index in [0.29, 0.717) is 49.2 Å². The summed E-state index contributed by atoms with van der Waals surface area (Å²) >= 11 is 0. The summed E-state index contributed by atoms with van der Waals surface area (Å²) in [6.45, 7) is 15.0. The molecule has 600 valence electrons. The lowest BCUT2D eigenvalue weighted by Crippen LogP contribution is -2.61. The van der Waals surface area contributed by atoms with Crippen LogP contribution in [-0.4, -0.2) is 234 Å². The highest BCUT2D eigenvalue weighted by Gasteiger charge is 2.44. The summed E-state index contributed by atoms with van der Waals surface area (Å²) in [6, 6.07) is 27.8. The fraction of sp³-hybridized carbons (Fsp3) is 0.549. The number of hydrogen-bond donors (Lipinski definition) is 8. The van der Waals surface area contributed by atoms with Crippen LogP contribution in [0.2, 0.25) is 0 Å². The zero-order valence-electron chi connectivity index (χ0n) is 65.8. The number of nitrogens with one attached hydrogen (secondary N) is 7. The maximum Gasteiger partial charge on any atom is 0.245 e. The number of rotatable bonds is 45. The number of amides is 11. The lowest BCUT2D eigenvalue weighted by Gasteiger charge is -2.41. The number of benzene rings is 4. The van der Waals surface area contributed by atoms with Gasteiger partial charge in [0.05, 0.1) is 120 Å². The molecule has 110 heavy (non-hydrogen) atoms. The number of fused-ring (bicyclic) bond motifs is 2. The van der Waals surface area contributed by atoms with Crippen LogP contribution in [0.15, 0.2) is 109 Å². The molecule has 11 atom stereocenters. The average Bonchev–Trinajstić information content (AvgIpc) is 1.24. The van der Waals surface area contributed by atoms with Crippen LogP contribution in [0.1, 0.15) is 134 Å². The van der Waals surface area contributed by atoms with Crippen LogP contribution in [0.4, 0.5) is 5.69 Å². The minimum atomic E-state index is -1.22. The van der Waals surface area contributed by atoms with Crippen LogP contribution in [0.3, 0.4) is 0 Å². The van der Waals surface area contributed by atoms with Crippen molar-refractivity contribution < 1.29 is 81.5 Å². The number of ether oxygens (including phenoxy) is 5. The maximum absolute atomic E-state index is 14.9. The Labute approximate surface area is 647 Å². The summed E-state index contributed by atoms with van der Waals surface area (Å²) in [5, 5.41) is 29.8. The largest absolute Gasteiger partial charge is 0.386 e.